The van der Waals surface area contributed by atoms with Crippen molar-refractivity contribution in [3.05, 3.63) is 23.2 Å². The number of rotatable bonds is 6. The Morgan fingerprint density at radius 3 is 2.45 bits per heavy atom. The molecule has 1 saturated heterocycles. The molecular weight excluding hydrogens is 400 g/mol. The van der Waals surface area contributed by atoms with Crippen LogP contribution in [0.3, 0.4) is 0 Å². The number of esters is 1. The van der Waals surface area contributed by atoms with Crippen molar-refractivity contribution in [1.29, 1.82) is 0 Å². The van der Waals surface area contributed by atoms with Gasteiger partial charge in [0, 0.05) is 5.02 Å². The van der Waals surface area contributed by atoms with Crippen molar-refractivity contribution in [2.45, 2.75) is 19.3 Å². The summed E-state index contributed by atoms with van der Waals surface area (Å²) in [6.07, 6.45) is 2.87. The highest BCUT2D eigenvalue weighted by Crippen LogP contribution is 2.56. The fourth-order valence-electron chi connectivity index (χ4n) is 4.91. The Kier molecular flexibility index (Phi) is 5.21. The Morgan fingerprint density at radius 2 is 1.83 bits per heavy atom. The zero-order valence-corrected chi connectivity index (χ0v) is 16.6. The van der Waals surface area contributed by atoms with Crippen molar-refractivity contribution in [2.24, 2.45) is 23.7 Å². The first kappa shape index (κ1) is 19.7. The molecule has 2 aliphatic carbocycles. The Balaban J connectivity index is 1.30. The fourth-order valence-corrected chi connectivity index (χ4v) is 5.08. The molecule has 1 aromatic carbocycles. The highest BCUT2D eigenvalue weighted by molar-refractivity contribution is 6.31. The summed E-state index contributed by atoms with van der Waals surface area (Å²) >= 11 is 5.91. The van der Waals surface area contributed by atoms with E-state index in [2.05, 4.69) is 5.32 Å². The van der Waals surface area contributed by atoms with Gasteiger partial charge in [-0.25, -0.2) is 0 Å². The van der Waals surface area contributed by atoms with Gasteiger partial charge < -0.3 is 14.8 Å². The van der Waals surface area contributed by atoms with E-state index in [0.717, 1.165) is 24.2 Å². The van der Waals surface area contributed by atoms with E-state index in [0.29, 0.717) is 16.5 Å². The molecule has 4 atom stereocenters. The first-order valence-corrected chi connectivity index (χ1v) is 9.91. The van der Waals surface area contributed by atoms with Crippen LogP contribution >= 0.6 is 11.6 Å². The molecule has 3 fully saturated rings. The zero-order chi connectivity index (χ0) is 20.7. The van der Waals surface area contributed by atoms with Crippen LogP contribution in [0.2, 0.25) is 5.02 Å². The smallest absolute Gasteiger partial charge is 0.326 e. The van der Waals surface area contributed by atoms with Gasteiger partial charge in [0.1, 0.15) is 12.3 Å². The Morgan fingerprint density at radius 1 is 1.17 bits per heavy atom. The number of halogens is 1. The highest BCUT2D eigenvalue weighted by Gasteiger charge is 2.61. The number of methoxy groups -OCH3 is 1. The van der Waals surface area contributed by atoms with Crippen LogP contribution in [-0.4, -0.2) is 48.9 Å². The number of hydrogen-bond donors (Lipinski definition) is 1. The summed E-state index contributed by atoms with van der Waals surface area (Å²) < 4.78 is 10.1. The molecule has 0 spiro atoms. The zero-order valence-electron chi connectivity index (χ0n) is 15.9. The summed E-state index contributed by atoms with van der Waals surface area (Å²) in [7, 11) is 1.45. The van der Waals surface area contributed by atoms with Crippen LogP contribution in [0.1, 0.15) is 19.3 Å². The quantitative estimate of drug-likeness (QED) is 0.556. The lowest BCUT2D eigenvalue weighted by atomic mass is 9.81. The average Bonchev–Trinajstić information content (AvgIpc) is 3.37. The van der Waals surface area contributed by atoms with Crippen LogP contribution in [0.4, 0.5) is 5.69 Å². The average molecular weight is 421 g/mol. The molecule has 0 radical (unpaired) electrons. The maximum absolute atomic E-state index is 12.6. The van der Waals surface area contributed by atoms with E-state index < -0.39 is 25.0 Å². The van der Waals surface area contributed by atoms with Gasteiger partial charge in [-0.1, -0.05) is 11.6 Å². The van der Waals surface area contributed by atoms with Crippen molar-refractivity contribution in [1.82, 2.24) is 4.90 Å². The molecule has 0 aromatic heterocycles. The predicted octanol–water partition coefficient (Wildman–Crippen LogP) is 1.86. The van der Waals surface area contributed by atoms with Gasteiger partial charge in [0.25, 0.3) is 5.91 Å². The van der Waals surface area contributed by atoms with Gasteiger partial charge in [-0.05, 0) is 49.3 Å². The third-order valence-electron chi connectivity index (χ3n) is 6.11. The van der Waals surface area contributed by atoms with Crippen LogP contribution in [0.15, 0.2) is 18.2 Å². The molecule has 154 valence electrons. The molecule has 0 unspecified atom stereocenters. The molecule has 1 heterocycles. The molecule has 1 N–H and O–H groups in total. The first-order valence-electron chi connectivity index (χ1n) is 9.53. The van der Waals surface area contributed by atoms with Crippen LogP contribution in [-0.2, 0) is 23.9 Å². The number of amides is 3. The molecule has 1 aromatic rings. The number of carbonyl (C=O) groups is 4. The second-order valence-electron chi connectivity index (χ2n) is 7.70. The second-order valence-corrected chi connectivity index (χ2v) is 8.14. The number of nitrogens with one attached hydrogen (secondary N) is 1. The largest absolute Gasteiger partial charge is 0.495 e. The number of likely N-dealkylation sites (tertiary alicyclic amines) is 1. The summed E-state index contributed by atoms with van der Waals surface area (Å²) in [6, 6.07) is 4.72. The number of ether oxygens (including phenoxy) is 2. The molecule has 2 bridgehead atoms. The molecule has 3 aliphatic rings. The van der Waals surface area contributed by atoms with Crippen LogP contribution in [0, 0.1) is 23.7 Å². The lowest BCUT2D eigenvalue weighted by molar-refractivity contribution is -0.154. The lowest BCUT2D eigenvalue weighted by Crippen LogP contribution is -2.38. The number of fused-ring (bicyclic) bond motifs is 5. The van der Waals surface area contributed by atoms with Crippen molar-refractivity contribution in [2.75, 3.05) is 25.6 Å². The van der Waals surface area contributed by atoms with E-state index >= 15 is 0 Å². The minimum Gasteiger partial charge on any atom is -0.495 e. The molecule has 8 nitrogen and oxygen atoms in total. The summed E-state index contributed by atoms with van der Waals surface area (Å²) in [5, 5.41) is 2.95. The number of benzene rings is 1. The van der Waals surface area contributed by atoms with Crippen molar-refractivity contribution in [3.8, 4) is 5.75 Å². The predicted molar refractivity (Wildman–Crippen MR) is 102 cm³/mol. The highest BCUT2D eigenvalue weighted by atomic mass is 35.5. The Bertz CT molecular complexity index is 860. The molecule has 2 saturated carbocycles. The Labute approximate surface area is 172 Å². The summed E-state index contributed by atoms with van der Waals surface area (Å²) in [5.41, 5.74) is 0.342. The number of carbonyl (C=O) groups excluding carboxylic acids is 4. The monoisotopic (exact) mass is 420 g/mol. The summed E-state index contributed by atoms with van der Waals surface area (Å²) in [6.45, 7) is -1.01. The molecule has 1 aliphatic heterocycles. The van der Waals surface area contributed by atoms with E-state index in [9.17, 15) is 19.2 Å². The normalized spacial score (nSPS) is 27.2. The SMILES string of the molecule is COc1ccc(Cl)cc1NC(=O)COC(=O)CN1C(=O)[C@H]2[C@@H]3CC[C@@H](C3)[C@@H]2C1=O. The molecule has 3 amide bonds. The number of hydrogen-bond acceptors (Lipinski definition) is 6. The molecular formula is C20H21ClN2O6. The maximum atomic E-state index is 12.6. The van der Waals surface area contributed by atoms with E-state index in [4.69, 9.17) is 21.1 Å². The number of nitrogens with zero attached hydrogens (tertiary/aromatic N) is 1. The van der Waals surface area contributed by atoms with Crippen molar-refractivity contribution in [3.63, 3.8) is 0 Å². The summed E-state index contributed by atoms with van der Waals surface area (Å²) in [4.78, 5) is 50.4. The van der Waals surface area contributed by atoms with Crippen LogP contribution in [0.5, 0.6) is 5.75 Å². The maximum Gasteiger partial charge on any atom is 0.326 e. The Hall–Kier alpha value is -2.61. The van der Waals surface area contributed by atoms with Gasteiger partial charge in [-0.15, -0.1) is 0 Å². The first-order chi connectivity index (χ1) is 13.9. The summed E-state index contributed by atoms with van der Waals surface area (Å²) in [5.74, 6) is -1.61. The third kappa shape index (κ3) is 3.57. The van der Waals surface area contributed by atoms with Gasteiger partial charge >= 0.3 is 5.97 Å². The third-order valence-corrected chi connectivity index (χ3v) is 6.34. The van der Waals surface area contributed by atoms with Gasteiger partial charge in [0.15, 0.2) is 6.61 Å². The topological polar surface area (TPSA) is 102 Å². The standard InChI is InChI=1S/C20H21ClN2O6/c1-28-14-5-4-12(21)7-13(14)22-15(24)9-29-16(25)8-23-19(26)17-10-2-3-11(6-10)18(17)20(23)27/h4-5,7,10-11,17-18H,2-3,6,8-9H2,1H3,(H,22,24)/t10-,11+,17-,18-/m0/s1. The van der Waals surface area contributed by atoms with E-state index in [1.165, 1.54) is 13.2 Å². The van der Waals surface area contributed by atoms with Crippen LogP contribution < -0.4 is 10.1 Å². The molecule has 29 heavy (non-hydrogen) atoms. The molecule has 4 rings (SSSR count). The van der Waals surface area contributed by atoms with E-state index in [1.54, 1.807) is 12.1 Å². The number of anilines is 1. The van der Waals surface area contributed by atoms with Crippen LogP contribution in [0.25, 0.3) is 0 Å². The van der Waals surface area contributed by atoms with Gasteiger partial charge in [-0.3, -0.25) is 24.1 Å². The van der Waals surface area contributed by atoms with E-state index in [-0.39, 0.29) is 35.5 Å². The van der Waals surface area contributed by atoms with E-state index in [1.807, 2.05) is 0 Å². The lowest BCUT2D eigenvalue weighted by Gasteiger charge is -2.19. The van der Waals surface area contributed by atoms with Gasteiger partial charge in [0.2, 0.25) is 11.8 Å². The fraction of sp³-hybridized carbons (Fsp3) is 0.500. The van der Waals surface area contributed by atoms with Crippen molar-refractivity contribution >= 4 is 41.0 Å². The number of imide groups is 1. The van der Waals surface area contributed by atoms with Crippen molar-refractivity contribution < 1.29 is 28.7 Å². The second kappa shape index (κ2) is 7.67. The van der Waals surface area contributed by atoms with Gasteiger partial charge in [0.05, 0.1) is 24.6 Å². The minimum absolute atomic E-state index is 0.251. The molecule has 9 heteroatoms. The van der Waals surface area contributed by atoms with Gasteiger partial charge in [-0.2, -0.15) is 0 Å². The minimum atomic E-state index is -0.799.